The van der Waals surface area contributed by atoms with Gasteiger partial charge in [-0.1, -0.05) is 24.3 Å². The molecule has 0 aliphatic carbocycles. The molecule has 0 spiro atoms. The lowest BCUT2D eigenvalue weighted by Crippen LogP contribution is -2.40. The molecule has 0 saturated carbocycles. The van der Waals surface area contributed by atoms with Crippen LogP contribution in [0.1, 0.15) is 11.1 Å². The van der Waals surface area contributed by atoms with Crippen molar-refractivity contribution >= 4 is 5.91 Å². The van der Waals surface area contributed by atoms with E-state index in [-0.39, 0.29) is 18.0 Å². The topological polar surface area (TPSA) is 73.0 Å². The lowest BCUT2D eigenvalue weighted by Gasteiger charge is -2.28. The van der Waals surface area contributed by atoms with Crippen molar-refractivity contribution in [3.05, 3.63) is 76.3 Å². The van der Waals surface area contributed by atoms with Crippen molar-refractivity contribution in [2.45, 2.75) is 19.5 Å². The highest BCUT2D eigenvalue weighted by molar-refractivity contribution is 5.76. The molecule has 126 valence electrons. The zero-order chi connectivity index (χ0) is 17.2. The number of hydrogen-bond donors (Lipinski definition) is 0. The van der Waals surface area contributed by atoms with Crippen LogP contribution in [0.3, 0.4) is 0 Å². The maximum absolute atomic E-state index is 12.6. The van der Waals surface area contributed by atoms with Crippen molar-refractivity contribution in [2.24, 2.45) is 0 Å². The molecule has 3 heterocycles. The van der Waals surface area contributed by atoms with Gasteiger partial charge in [0.15, 0.2) is 5.82 Å². The zero-order valence-corrected chi connectivity index (χ0v) is 13.6. The number of aromatic nitrogens is 4. The lowest BCUT2D eigenvalue weighted by molar-refractivity contribution is -0.133. The fraction of sp³-hybridized carbons (Fsp3) is 0.222. The van der Waals surface area contributed by atoms with Crippen LogP contribution < -0.4 is 5.56 Å². The van der Waals surface area contributed by atoms with Crippen LogP contribution in [0, 0.1) is 0 Å². The van der Waals surface area contributed by atoms with Gasteiger partial charge in [-0.3, -0.25) is 9.59 Å². The summed E-state index contributed by atoms with van der Waals surface area (Å²) in [6.07, 6.45) is 4.20. The summed E-state index contributed by atoms with van der Waals surface area (Å²) in [6, 6.07) is 12.9. The van der Waals surface area contributed by atoms with Gasteiger partial charge < -0.3 is 4.90 Å². The highest BCUT2D eigenvalue weighted by atomic mass is 16.2. The van der Waals surface area contributed by atoms with Gasteiger partial charge in [0.1, 0.15) is 6.54 Å². The van der Waals surface area contributed by atoms with Crippen molar-refractivity contribution in [1.82, 2.24) is 24.5 Å². The van der Waals surface area contributed by atoms with Crippen LogP contribution in [0.5, 0.6) is 0 Å². The highest BCUT2D eigenvalue weighted by Crippen LogP contribution is 2.18. The van der Waals surface area contributed by atoms with Crippen LogP contribution in [0.15, 0.2) is 59.7 Å². The van der Waals surface area contributed by atoms with Gasteiger partial charge in [0, 0.05) is 31.5 Å². The van der Waals surface area contributed by atoms with Gasteiger partial charge >= 0.3 is 0 Å². The standard InChI is InChI=1S/C18H17N5O2/c24-17-7-6-16(22-10-3-9-19-22)20-23(17)13-18(25)21-11-8-14-4-1-2-5-15(14)12-21/h1-7,9-10H,8,11-13H2. The maximum Gasteiger partial charge on any atom is 0.267 e. The molecule has 2 aromatic heterocycles. The van der Waals surface area contributed by atoms with E-state index in [0.29, 0.717) is 18.9 Å². The molecule has 3 aromatic rings. The second kappa shape index (κ2) is 6.35. The summed E-state index contributed by atoms with van der Waals surface area (Å²) >= 11 is 0. The number of fused-ring (bicyclic) bond motifs is 1. The van der Waals surface area contributed by atoms with Gasteiger partial charge in [-0.25, -0.2) is 9.36 Å². The Bertz CT molecular complexity index is 962. The Labute approximate surface area is 144 Å². The summed E-state index contributed by atoms with van der Waals surface area (Å²) in [7, 11) is 0. The van der Waals surface area contributed by atoms with Crippen molar-refractivity contribution in [2.75, 3.05) is 6.54 Å². The van der Waals surface area contributed by atoms with E-state index in [4.69, 9.17) is 0 Å². The van der Waals surface area contributed by atoms with E-state index in [0.717, 1.165) is 12.0 Å². The first kappa shape index (κ1) is 15.3. The Hall–Kier alpha value is -3.22. The fourth-order valence-electron chi connectivity index (χ4n) is 3.01. The minimum Gasteiger partial charge on any atom is -0.336 e. The number of carbonyl (C=O) groups excluding carboxylic acids is 1. The molecule has 0 radical (unpaired) electrons. The summed E-state index contributed by atoms with van der Waals surface area (Å²) in [5, 5.41) is 8.35. The fourth-order valence-corrected chi connectivity index (χ4v) is 3.01. The molecule has 1 amide bonds. The molecule has 7 heteroatoms. The minimum atomic E-state index is -0.304. The van der Waals surface area contributed by atoms with E-state index in [2.05, 4.69) is 16.3 Å². The van der Waals surface area contributed by atoms with Gasteiger partial charge in [0.05, 0.1) is 0 Å². The summed E-state index contributed by atoms with van der Waals surface area (Å²) in [5.74, 6) is 0.392. The Morgan fingerprint density at radius 1 is 1.08 bits per heavy atom. The number of amides is 1. The molecular weight excluding hydrogens is 318 g/mol. The Morgan fingerprint density at radius 2 is 1.92 bits per heavy atom. The Kier molecular flexibility index (Phi) is 3.89. The SMILES string of the molecule is O=C(Cn1nc(-n2cccn2)ccc1=O)N1CCc2ccccc2C1. The van der Waals surface area contributed by atoms with Crippen LogP contribution >= 0.6 is 0 Å². The van der Waals surface area contributed by atoms with Crippen molar-refractivity contribution < 1.29 is 4.79 Å². The summed E-state index contributed by atoms with van der Waals surface area (Å²) in [6.45, 7) is 1.15. The molecule has 25 heavy (non-hydrogen) atoms. The van der Waals surface area contributed by atoms with E-state index in [1.807, 2.05) is 18.2 Å². The molecule has 7 nitrogen and oxygen atoms in total. The molecule has 0 unspecified atom stereocenters. The predicted molar refractivity (Wildman–Crippen MR) is 91.2 cm³/mol. The molecule has 0 bridgehead atoms. The number of nitrogens with zero attached hydrogens (tertiary/aromatic N) is 5. The zero-order valence-electron chi connectivity index (χ0n) is 13.6. The van der Waals surface area contributed by atoms with E-state index < -0.39 is 0 Å². The summed E-state index contributed by atoms with van der Waals surface area (Å²) in [5.41, 5.74) is 2.14. The normalized spacial score (nSPS) is 13.5. The second-order valence-corrected chi connectivity index (χ2v) is 5.97. The van der Waals surface area contributed by atoms with Crippen LogP contribution in [0.4, 0.5) is 0 Å². The van der Waals surface area contributed by atoms with Crippen LogP contribution in [-0.2, 0) is 24.3 Å². The van der Waals surface area contributed by atoms with Crippen LogP contribution in [-0.4, -0.2) is 36.9 Å². The molecule has 0 atom stereocenters. The molecular formula is C18H17N5O2. The van der Waals surface area contributed by atoms with Gasteiger partial charge in [0.25, 0.3) is 5.56 Å². The molecule has 0 N–H and O–H groups in total. The monoisotopic (exact) mass is 335 g/mol. The third-order valence-corrected chi connectivity index (χ3v) is 4.36. The van der Waals surface area contributed by atoms with Crippen molar-refractivity contribution in [3.8, 4) is 5.82 Å². The Morgan fingerprint density at radius 3 is 2.72 bits per heavy atom. The second-order valence-electron chi connectivity index (χ2n) is 5.97. The molecule has 4 rings (SSSR count). The molecule has 1 aromatic carbocycles. The highest BCUT2D eigenvalue weighted by Gasteiger charge is 2.21. The molecule has 0 saturated heterocycles. The largest absolute Gasteiger partial charge is 0.336 e. The maximum atomic E-state index is 12.6. The number of hydrogen-bond acceptors (Lipinski definition) is 4. The molecule has 1 aliphatic heterocycles. The minimum absolute atomic E-state index is 0.0733. The molecule has 0 fully saturated rings. The van der Waals surface area contributed by atoms with Gasteiger partial charge in [-0.15, -0.1) is 5.10 Å². The van der Waals surface area contributed by atoms with E-state index in [1.54, 1.807) is 34.1 Å². The Balaban J connectivity index is 1.53. The first-order chi connectivity index (χ1) is 12.2. The number of rotatable bonds is 3. The summed E-state index contributed by atoms with van der Waals surface area (Å²) in [4.78, 5) is 26.5. The third kappa shape index (κ3) is 3.08. The van der Waals surface area contributed by atoms with Crippen molar-refractivity contribution in [1.29, 1.82) is 0 Å². The van der Waals surface area contributed by atoms with Gasteiger partial charge in [0.2, 0.25) is 5.91 Å². The average molecular weight is 335 g/mol. The van der Waals surface area contributed by atoms with E-state index in [1.165, 1.54) is 16.3 Å². The van der Waals surface area contributed by atoms with Crippen LogP contribution in [0.2, 0.25) is 0 Å². The van der Waals surface area contributed by atoms with Gasteiger partial charge in [-0.05, 0) is 29.7 Å². The first-order valence-electron chi connectivity index (χ1n) is 8.13. The first-order valence-corrected chi connectivity index (χ1v) is 8.13. The number of carbonyl (C=O) groups is 1. The van der Waals surface area contributed by atoms with Gasteiger partial charge in [-0.2, -0.15) is 5.10 Å². The average Bonchev–Trinajstić information content (AvgIpc) is 3.18. The molecule has 1 aliphatic rings. The number of benzene rings is 1. The third-order valence-electron chi connectivity index (χ3n) is 4.36. The predicted octanol–water partition coefficient (Wildman–Crippen LogP) is 1.01. The summed E-state index contributed by atoms with van der Waals surface area (Å²) < 4.78 is 2.75. The quantitative estimate of drug-likeness (QED) is 0.716. The van der Waals surface area contributed by atoms with E-state index in [9.17, 15) is 9.59 Å². The van der Waals surface area contributed by atoms with E-state index >= 15 is 0 Å². The smallest absolute Gasteiger partial charge is 0.267 e. The van der Waals surface area contributed by atoms with Crippen LogP contribution in [0.25, 0.3) is 5.82 Å². The van der Waals surface area contributed by atoms with Crippen molar-refractivity contribution in [3.63, 3.8) is 0 Å². The lowest BCUT2D eigenvalue weighted by atomic mass is 10.00.